The van der Waals surface area contributed by atoms with Gasteiger partial charge in [-0.25, -0.2) is 0 Å². The summed E-state index contributed by atoms with van der Waals surface area (Å²) in [5.74, 6) is 0.145. The normalized spacial score (nSPS) is 13.3. The van der Waals surface area contributed by atoms with E-state index in [4.69, 9.17) is 5.11 Å². The van der Waals surface area contributed by atoms with Gasteiger partial charge in [0.05, 0.1) is 0 Å². The molecule has 0 spiro atoms. The van der Waals surface area contributed by atoms with Crippen LogP contribution in [0.15, 0.2) is 0 Å². The van der Waals surface area contributed by atoms with E-state index in [1.54, 1.807) is 0 Å². The van der Waals surface area contributed by atoms with E-state index in [-0.39, 0.29) is 12.3 Å². The van der Waals surface area contributed by atoms with E-state index in [2.05, 4.69) is 19.2 Å². The summed E-state index contributed by atoms with van der Waals surface area (Å²) in [4.78, 5) is 10.4. The molecule has 0 aliphatic rings. The Labute approximate surface area is 74.2 Å². The minimum absolute atomic E-state index is 0.271. The summed E-state index contributed by atoms with van der Waals surface area (Å²) in [7, 11) is 1.86. The number of aliphatic carboxylic acids is 1. The molecule has 2 N–H and O–H groups in total. The molecule has 0 radical (unpaired) electrons. The Morgan fingerprint density at radius 2 is 2.08 bits per heavy atom. The fraction of sp³-hybridized carbons (Fsp3) is 0.889. The van der Waals surface area contributed by atoms with Crippen molar-refractivity contribution in [3.8, 4) is 0 Å². The SMILES string of the molecule is CNCC(CC(=O)O)CC(C)C. The molecule has 12 heavy (non-hydrogen) atoms. The number of carbonyl (C=O) groups is 1. The van der Waals surface area contributed by atoms with Crippen LogP contribution in [0.2, 0.25) is 0 Å². The molecule has 1 unspecified atom stereocenters. The highest BCUT2D eigenvalue weighted by Crippen LogP contribution is 2.14. The molecule has 3 heteroatoms. The second-order valence-electron chi connectivity index (χ2n) is 3.65. The van der Waals surface area contributed by atoms with Crippen molar-refractivity contribution in [3.05, 3.63) is 0 Å². The summed E-state index contributed by atoms with van der Waals surface area (Å²) in [5, 5.41) is 11.6. The summed E-state index contributed by atoms with van der Waals surface area (Å²) in [6.45, 7) is 5.03. The summed E-state index contributed by atoms with van der Waals surface area (Å²) >= 11 is 0. The molecule has 0 saturated heterocycles. The van der Waals surface area contributed by atoms with Gasteiger partial charge >= 0.3 is 5.97 Å². The molecular weight excluding hydrogens is 154 g/mol. The van der Waals surface area contributed by atoms with Gasteiger partial charge in [0.15, 0.2) is 0 Å². The van der Waals surface area contributed by atoms with Crippen LogP contribution in [-0.4, -0.2) is 24.7 Å². The Hall–Kier alpha value is -0.570. The van der Waals surface area contributed by atoms with Crippen molar-refractivity contribution in [1.82, 2.24) is 5.32 Å². The first-order chi connectivity index (χ1) is 5.56. The van der Waals surface area contributed by atoms with Gasteiger partial charge in [-0.2, -0.15) is 0 Å². The number of hydrogen-bond donors (Lipinski definition) is 2. The molecule has 0 aromatic heterocycles. The van der Waals surface area contributed by atoms with Gasteiger partial charge in [-0.1, -0.05) is 13.8 Å². The lowest BCUT2D eigenvalue weighted by atomic mass is 9.94. The maximum absolute atomic E-state index is 10.4. The van der Waals surface area contributed by atoms with Gasteiger partial charge in [0.1, 0.15) is 0 Å². The largest absolute Gasteiger partial charge is 0.481 e. The fourth-order valence-corrected chi connectivity index (χ4v) is 1.44. The summed E-state index contributed by atoms with van der Waals surface area (Å²) < 4.78 is 0. The zero-order valence-corrected chi connectivity index (χ0v) is 8.13. The van der Waals surface area contributed by atoms with Crippen molar-refractivity contribution in [2.45, 2.75) is 26.7 Å². The first-order valence-corrected chi connectivity index (χ1v) is 4.42. The number of hydrogen-bond acceptors (Lipinski definition) is 2. The molecule has 0 aliphatic heterocycles. The second-order valence-corrected chi connectivity index (χ2v) is 3.65. The van der Waals surface area contributed by atoms with Gasteiger partial charge in [-0.05, 0) is 31.8 Å². The monoisotopic (exact) mass is 173 g/mol. The third kappa shape index (κ3) is 6.16. The zero-order chi connectivity index (χ0) is 9.56. The van der Waals surface area contributed by atoms with Crippen molar-refractivity contribution in [2.75, 3.05) is 13.6 Å². The second kappa shape index (κ2) is 6.00. The van der Waals surface area contributed by atoms with E-state index in [9.17, 15) is 4.79 Å². The van der Waals surface area contributed by atoms with Gasteiger partial charge in [-0.15, -0.1) is 0 Å². The van der Waals surface area contributed by atoms with Gasteiger partial charge in [-0.3, -0.25) is 4.79 Å². The van der Waals surface area contributed by atoms with Crippen LogP contribution in [0.1, 0.15) is 26.7 Å². The molecule has 0 rings (SSSR count). The number of carboxylic acid groups (broad SMARTS) is 1. The molecule has 1 atom stereocenters. The molecule has 0 saturated carbocycles. The molecule has 0 aromatic carbocycles. The number of nitrogens with one attached hydrogen (secondary N) is 1. The fourth-order valence-electron chi connectivity index (χ4n) is 1.44. The molecule has 3 nitrogen and oxygen atoms in total. The molecular formula is C9H19NO2. The first-order valence-electron chi connectivity index (χ1n) is 4.42. The van der Waals surface area contributed by atoms with Crippen molar-refractivity contribution >= 4 is 5.97 Å². The predicted molar refractivity (Wildman–Crippen MR) is 49.1 cm³/mol. The smallest absolute Gasteiger partial charge is 0.303 e. The highest BCUT2D eigenvalue weighted by atomic mass is 16.4. The quantitative estimate of drug-likeness (QED) is 0.637. The van der Waals surface area contributed by atoms with E-state index in [0.717, 1.165) is 13.0 Å². The van der Waals surface area contributed by atoms with Crippen LogP contribution in [0.5, 0.6) is 0 Å². The average Bonchev–Trinajstić information content (AvgIpc) is 1.84. The Kier molecular flexibility index (Phi) is 5.72. The van der Waals surface area contributed by atoms with Gasteiger partial charge < -0.3 is 10.4 Å². The van der Waals surface area contributed by atoms with Crippen LogP contribution in [-0.2, 0) is 4.79 Å². The average molecular weight is 173 g/mol. The highest BCUT2D eigenvalue weighted by Gasteiger charge is 2.13. The Morgan fingerprint density at radius 1 is 1.50 bits per heavy atom. The van der Waals surface area contributed by atoms with E-state index < -0.39 is 5.97 Å². The van der Waals surface area contributed by atoms with Crippen LogP contribution in [0, 0.1) is 11.8 Å². The van der Waals surface area contributed by atoms with Gasteiger partial charge in [0.25, 0.3) is 0 Å². The van der Waals surface area contributed by atoms with E-state index in [0.29, 0.717) is 5.92 Å². The Morgan fingerprint density at radius 3 is 2.42 bits per heavy atom. The van der Waals surface area contributed by atoms with Crippen LogP contribution < -0.4 is 5.32 Å². The zero-order valence-electron chi connectivity index (χ0n) is 8.13. The lowest BCUT2D eigenvalue weighted by Gasteiger charge is -2.16. The van der Waals surface area contributed by atoms with Crippen molar-refractivity contribution in [2.24, 2.45) is 11.8 Å². The van der Waals surface area contributed by atoms with Crippen LogP contribution in [0.4, 0.5) is 0 Å². The maximum atomic E-state index is 10.4. The minimum Gasteiger partial charge on any atom is -0.481 e. The standard InChI is InChI=1S/C9H19NO2/c1-7(2)4-8(6-10-3)5-9(11)12/h7-8,10H,4-6H2,1-3H3,(H,11,12). The lowest BCUT2D eigenvalue weighted by molar-refractivity contribution is -0.138. The van der Waals surface area contributed by atoms with E-state index in [1.807, 2.05) is 7.05 Å². The molecule has 0 aliphatic carbocycles. The van der Waals surface area contributed by atoms with Crippen molar-refractivity contribution in [1.29, 1.82) is 0 Å². The molecule has 0 bridgehead atoms. The molecule has 0 aromatic rings. The minimum atomic E-state index is -0.698. The third-order valence-electron chi connectivity index (χ3n) is 1.76. The topological polar surface area (TPSA) is 49.3 Å². The summed E-state index contributed by atoms with van der Waals surface area (Å²) in [6.07, 6.45) is 1.26. The number of rotatable bonds is 6. The summed E-state index contributed by atoms with van der Waals surface area (Å²) in [5.41, 5.74) is 0. The Bertz CT molecular complexity index is 134. The van der Waals surface area contributed by atoms with E-state index >= 15 is 0 Å². The number of carboxylic acids is 1. The maximum Gasteiger partial charge on any atom is 0.303 e. The van der Waals surface area contributed by atoms with Crippen molar-refractivity contribution in [3.63, 3.8) is 0 Å². The molecule has 0 fully saturated rings. The van der Waals surface area contributed by atoms with Crippen LogP contribution >= 0.6 is 0 Å². The van der Waals surface area contributed by atoms with Crippen LogP contribution in [0.25, 0.3) is 0 Å². The van der Waals surface area contributed by atoms with E-state index in [1.165, 1.54) is 0 Å². The van der Waals surface area contributed by atoms with Crippen molar-refractivity contribution < 1.29 is 9.90 Å². The van der Waals surface area contributed by atoms with Crippen LogP contribution in [0.3, 0.4) is 0 Å². The molecule has 72 valence electrons. The predicted octanol–water partition coefficient (Wildman–Crippen LogP) is 1.34. The summed E-state index contributed by atoms with van der Waals surface area (Å²) in [6, 6.07) is 0. The Balaban J connectivity index is 3.77. The highest BCUT2D eigenvalue weighted by molar-refractivity contribution is 5.67. The molecule has 0 amide bonds. The first kappa shape index (κ1) is 11.4. The van der Waals surface area contributed by atoms with Gasteiger partial charge in [0, 0.05) is 6.42 Å². The molecule has 0 heterocycles. The lowest BCUT2D eigenvalue weighted by Crippen LogP contribution is -2.22. The van der Waals surface area contributed by atoms with Gasteiger partial charge in [0.2, 0.25) is 0 Å². The third-order valence-corrected chi connectivity index (χ3v) is 1.76.